The molecule has 1 aromatic carbocycles. The first-order valence-electron chi connectivity index (χ1n) is 8.00. The highest BCUT2D eigenvalue weighted by Gasteiger charge is 2.18. The van der Waals surface area contributed by atoms with Gasteiger partial charge in [0.05, 0.1) is 14.0 Å². The van der Waals surface area contributed by atoms with E-state index in [0.29, 0.717) is 0 Å². The Labute approximate surface area is 116 Å². The van der Waals surface area contributed by atoms with E-state index in [2.05, 4.69) is 0 Å². The molecule has 0 atom stereocenters. The summed E-state index contributed by atoms with van der Waals surface area (Å²) in [7, 11) is 1.35. The Bertz CT molecular complexity index is 958. The maximum absolute atomic E-state index is 12.3. The molecule has 3 rings (SSSR count). The van der Waals surface area contributed by atoms with Gasteiger partial charge in [-0.3, -0.25) is 4.79 Å². The molecule has 1 aliphatic carbocycles. The summed E-state index contributed by atoms with van der Waals surface area (Å²) in [5, 5.41) is 0.108. The molecule has 0 N–H and O–H groups in total. The standard InChI is InChI=1S/C15H12O4/c1-18-13-4-2-3-11-10-7-5-9(16)6-8-12(10)15(17)19-14(11)13/h2-4,6,8H,5,7H2,1H3/i5D2,6D,7D2. The Kier molecular flexibility index (Phi) is 1.68. The number of methoxy groups -OCH3 is 1. The first-order chi connectivity index (χ1) is 11.1. The zero-order valence-corrected chi connectivity index (χ0v) is 9.94. The lowest BCUT2D eigenvalue weighted by molar-refractivity contribution is -0.114. The summed E-state index contributed by atoms with van der Waals surface area (Å²) in [4.78, 5) is 24.4. The highest BCUT2D eigenvalue weighted by atomic mass is 16.5. The molecule has 0 spiro atoms. The van der Waals surface area contributed by atoms with Gasteiger partial charge in [-0.25, -0.2) is 4.79 Å². The smallest absolute Gasteiger partial charge is 0.343 e. The third-order valence-corrected chi connectivity index (χ3v) is 2.80. The van der Waals surface area contributed by atoms with Crippen LogP contribution in [0.1, 0.15) is 24.4 Å². The number of ether oxygens (including phenoxy) is 1. The fourth-order valence-electron chi connectivity index (χ4n) is 1.93. The third kappa shape index (κ3) is 1.85. The molecule has 96 valence electrons. The van der Waals surface area contributed by atoms with Crippen LogP contribution in [0.2, 0.25) is 0 Å². The largest absolute Gasteiger partial charge is 0.493 e. The van der Waals surface area contributed by atoms with Crippen LogP contribution >= 0.6 is 0 Å². The second-order valence-electron chi connectivity index (χ2n) is 3.88. The molecule has 4 nitrogen and oxygen atoms in total. The van der Waals surface area contributed by atoms with Crippen molar-refractivity contribution in [2.45, 2.75) is 12.7 Å². The lowest BCUT2D eigenvalue weighted by Crippen LogP contribution is -2.08. The van der Waals surface area contributed by atoms with E-state index in [1.807, 2.05) is 0 Å². The third-order valence-electron chi connectivity index (χ3n) is 2.80. The number of allylic oxidation sites excluding steroid dienone is 1. The Morgan fingerprint density at radius 1 is 1.37 bits per heavy atom. The first-order valence-corrected chi connectivity index (χ1v) is 5.50. The Hall–Kier alpha value is -2.36. The molecule has 1 aliphatic rings. The van der Waals surface area contributed by atoms with Gasteiger partial charge in [-0.05, 0) is 30.1 Å². The number of carbonyl (C=O) groups is 1. The zero-order chi connectivity index (χ0) is 17.9. The van der Waals surface area contributed by atoms with Gasteiger partial charge in [-0.1, -0.05) is 12.1 Å². The molecule has 0 unspecified atom stereocenters. The van der Waals surface area contributed by atoms with Crippen LogP contribution in [0.15, 0.2) is 33.5 Å². The summed E-state index contributed by atoms with van der Waals surface area (Å²) in [6.45, 7) is 0. The molecule has 0 radical (unpaired) electrons. The molecule has 4 heteroatoms. The molecular weight excluding hydrogens is 244 g/mol. The van der Waals surface area contributed by atoms with Gasteiger partial charge in [0.1, 0.15) is 0 Å². The van der Waals surface area contributed by atoms with Crippen LogP contribution in [-0.2, 0) is 11.2 Å². The maximum Gasteiger partial charge on any atom is 0.343 e. The summed E-state index contributed by atoms with van der Waals surface area (Å²) in [6, 6.07) is 3.69. The average Bonchev–Trinajstić information content (AvgIpc) is 2.57. The van der Waals surface area contributed by atoms with Crippen molar-refractivity contribution in [3.8, 4) is 5.75 Å². The average molecular weight is 261 g/mol. The van der Waals surface area contributed by atoms with Crippen molar-refractivity contribution >= 4 is 22.8 Å². The van der Waals surface area contributed by atoms with Gasteiger partial charge in [-0.2, -0.15) is 0 Å². The van der Waals surface area contributed by atoms with Gasteiger partial charge in [0.15, 0.2) is 17.1 Å². The van der Waals surface area contributed by atoms with Crippen molar-refractivity contribution in [1.29, 1.82) is 0 Å². The van der Waals surface area contributed by atoms with Gasteiger partial charge >= 0.3 is 5.63 Å². The first kappa shape index (κ1) is 7.28. The number of aryl methyl sites for hydroxylation is 1. The molecule has 0 saturated heterocycles. The molecule has 1 aromatic heterocycles. The minimum absolute atomic E-state index is 0.0438. The minimum atomic E-state index is -3.02. The van der Waals surface area contributed by atoms with Crippen molar-refractivity contribution in [3.63, 3.8) is 0 Å². The van der Waals surface area contributed by atoms with Crippen LogP contribution < -0.4 is 10.4 Å². The molecule has 19 heavy (non-hydrogen) atoms. The van der Waals surface area contributed by atoms with Crippen molar-refractivity contribution in [1.82, 2.24) is 0 Å². The lowest BCUT2D eigenvalue weighted by atomic mass is 10.0. The number of hydrogen-bond donors (Lipinski definition) is 0. The molecular formula is C15H12O4. The Balaban J connectivity index is 2.58. The minimum Gasteiger partial charge on any atom is -0.493 e. The highest BCUT2D eigenvalue weighted by Crippen LogP contribution is 2.30. The summed E-state index contributed by atoms with van der Waals surface area (Å²) in [6.07, 6.45) is -5.01. The monoisotopic (exact) mass is 261 g/mol. The Morgan fingerprint density at radius 3 is 3.00 bits per heavy atom. The van der Waals surface area contributed by atoms with Crippen LogP contribution in [0.25, 0.3) is 17.0 Å². The number of rotatable bonds is 1. The summed E-state index contributed by atoms with van der Waals surface area (Å²) in [5.74, 6) is -1.16. The lowest BCUT2D eigenvalue weighted by Gasteiger charge is -2.09. The van der Waals surface area contributed by atoms with Crippen molar-refractivity contribution < 1.29 is 20.8 Å². The van der Waals surface area contributed by atoms with E-state index < -0.39 is 30.2 Å². The molecule has 0 aliphatic heterocycles. The Morgan fingerprint density at radius 2 is 2.21 bits per heavy atom. The molecule has 1 heterocycles. The molecule has 0 amide bonds. The second-order valence-corrected chi connectivity index (χ2v) is 3.88. The molecule has 0 fully saturated rings. The van der Waals surface area contributed by atoms with E-state index in [1.165, 1.54) is 25.3 Å². The predicted molar refractivity (Wildman–Crippen MR) is 71.4 cm³/mol. The summed E-state index contributed by atoms with van der Waals surface area (Å²) < 4.78 is 50.2. The quantitative estimate of drug-likeness (QED) is 0.739. The van der Waals surface area contributed by atoms with Crippen molar-refractivity contribution in [3.05, 3.63) is 45.8 Å². The SMILES string of the molecule is [2H]C1=Cc2c(c3cccc(OC)c3oc2=O)C([2H])([2H])C([2H])([2H])C1=O. The number of para-hydroxylation sites is 1. The fourth-order valence-corrected chi connectivity index (χ4v) is 1.93. The van der Waals surface area contributed by atoms with Crippen LogP contribution in [0.4, 0.5) is 0 Å². The number of benzene rings is 1. The number of carbonyl (C=O) groups excluding carboxylic acids is 1. The van der Waals surface area contributed by atoms with E-state index in [-0.39, 0.29) is 27.8 Å². The molecule has 0 bridgehead atoms. The van der Waals surface area contributed by atoms with E-state index in [9.17, 15) is 9.59 Å². The zero-order valence-electron chi connectivity index (χ0n) is 14.9. The predicted octanol–water partition coefficient (Wildman–Crippen LogP) is 2.33. The van der Waals surface area contributed by atoms with Crippen LogP contribution in [0.5, 0.6) is 5.75 Å². The van der Waals surface area contributed by atoms with Crippen LogP contribution in [0, 0.1) is 0 Å². The van der Waals surface area contributed by atoms with E-state index in [0.717, 1.165) is 6.08 Å². The summed E-state index contributed by atoms with van der Waals surface area (Å²) in [5.41, 5.74) is -1.69. The topological polar surface area (TPSA) is 56.5 Å². The van der Waals surface area contributed by atoms with E-state index in [4.69, 9.17) is 16.0 Å². The van der Waals surface area contributed by atoms with Gasteiger partial charge < -0.3 is 9.15 Å². The van der Waals surface area contributed by atoms with Gasteiger partial charge in [0.2, 0.25) is 0 Å². The highest BCUT2D eigenvalue weighted by molar-refractivity contribution is 5.97. The van der Waals surface area contributed by atoms with Gasteiger partial charge in [-0.15, -0.1) is 0 Å². The number of ketones is 1. The van der Waals surface area contributed by atoms with Crippen LogP contribution in [0.3, 0.4) is 0 Å². The van der Waals surface area contributed by atoms with E-state index >= 15 is 0 Å². The molecule has 2 aromatic rings. The maximum atomic E-state index is 12.3. The molecule has 0 saturated carbocycles. The summed E-state index contributed by atoms with van der Waals surface area (Å²) >= 11 is 0. The van der Waals surface area contributed by atoms with Gasteiger partial charge in [0.25, 0.3) is 0 Å². The van der Waals surface area contributed by atoms with Crippen molar-refractivity contribution in [2.75, 3.05) is 7.11 Å². The fraction of sp³-hybridized carbons (Fsp3) is 0.200. The number of fused-ring (bicyclic) bond motifs is 3. The number of hydrogen-bond acceptors (Lipinski definition) is 4. The second kappa shape index (κ2) is 4.39. The van der Waals surface area contributed by atoms with Crippen molar-refractivity contribution in [2.24, 2.45) is 0 Å². The van der Waals surface area contributed by atoms with E-state index in [1.54, 1.807) is 0 Å². The normalized spacial score (nSPS) is 23.9. The van der Waals surface area contributed by atoms with Crippen LogP contribution in [-0.4, -0.2) is 12.9 Å². The van der Waals surface area contributed by atoms with Gasteiger partial charge in [0, 0.05) is 17.2 Å².